The smallest absolute Gasteiger partial charge is 0.327 e. The lowest BCUT2D eigenvalue weighted by Crippen LogP contribution is -3.00. The number of nitrogens with zero attached hydrogens (tertiary/aromatic N) is 1. The lowest BCUT2D eigenvalue weighted by molar-refractivity contribution is -0.683. The molecule has 0 saturated heterocycles. The van der Waals surface area contributed by atoms with Crippen LogP contribution in [0.2, 0.25) is 0 Å². The van der Waals surface area contributed by atoms with Crippen LogP contribution in [0.5, 0.6) is 0 Å². The van der Waals surface area contributed by atoms with Crippen LogP contribution in [0.1, 0.15) is 164 Å². The molecule has 80 heavy (non-hydrogen) atoms. The van der Waals surface area contributed by atoms with Crippen molar-refractivity contribution in [3.63, 3.8) is 0 Å². The minimum atomic E-state index is -0.584. The van der Waals surface area contributed by atoms with Crippen molar-refractivity contribution in [2.75, 3.05) is 16.0 Å². The number of quaternary nitrogens is 1. The molecule has 0 atom stereocenters. The Morgan fingerprint density at radius 1 is 0.475 bits per heavy atom. The molecule has 0 unspecified atom stereocenters. The second-order valence-corrected chi connectivity index (χ2v) is 19.1. The summed E-state index contributed by atoms with van der Waals surface area (Å²) in [4.78, 5) is 90.7. The van der Waals surface area contributed by atoms with Crippen LogP contribution in [-0.2, 0) is 37.3 Å². The number of hydrogen-bond donors (Lipinski definition) is 12. The molecule has 23 heteroatoms. The summed E-state index contributed by atoms with van der Waals surface area (Å²) in [5.74, 6) is 11.8. The van der Waals surface area contributed by atoms with E-state index in [9.17, 15) is 28.8 Å². The number of halogens is 1. The summed E-state index contributed by atoms with van der Waals surface area (Å²) in [7, 11) is 0. The van der Waals surface area contributed by atoms with Crippen LogP contribution in [0.4, 0.5) is 40.2 Å². The molecule has 0 aliphatic heterocycles. The van der Waals surface area contributed by atoms with E-state index in [1.165, 1.54) is 132 Å². The maximum Gasteiger partial charge on any atom is 0.327 e. The van der Waals surface area contributed by atoms with Crippen LogP contribution in [0.15, 0.2) is 102 Å². The Morgan fingerprint density at radius 2 is 0.812 bits per heavy atom. The molecule has 3 aromatic heterocycles. The van der Waals surface area contributed by atoms with Gasteiger partial charge in [-0.05, 0) is 73.9 Å². The molecule has 0 saturated carbocycles. The molecule has 3 heterocycles. The van der Waals surface area contributed by atoms with Crippen molar-refractivity contribution in [2.24, 2.45) is 11.7 Å². The van der Waals surface area contributed by atoms with Crippen LogP contribution in [0.3, 0.4) is 0 Å². The number of anilines is 6. The van der Waals surface area contributed by atoms with Gasteiger partial charge in [-0.2, -0.15) is 5.84 Å². The predicted molar refractivity (Wildman–Crippen MR) is 316 cm³/mol. The molecule has 6 aromatic rings. The highest BCUT2D eigenvalue weighted by atomic mass is 35.5. The fourth-order valence-corrected chi connectivity index (χ4v) is 8.66. The summed E-state index contributed by atoms with van der Waals surface area (Å²) >= 11 is 0. The Kier molecular flexibility index (Phi) is 36.0. The van der Waals surface area contributed by atoms with E-state index < -0.39 is 33.7 Å². The van der Waals surface area contributed by atoms with Crippen molar-refractivity contribution in [1.29, 1.82) is 0 Å². The highest BCUT2D eigenvalue weighted by Crippen LogP contribution is 2.29. The largest absolute Gasteiger partial charge is 1.00 e. The van der Waals surface area contributed by atoms with Gasteiger partial charge < -0.3 is 39.3 Å². The SMILES string of the molecule is CCCCCCCCc1ccc(Nc2cc(=O)[nH]c(=O)[nH]2)c(CON)c1.CCCCCCCCc1ccc(Nc2cc(=O)[nH]c(=O)[nH]2)c(C[NH2+]N)c1.O.O.[C-]#[N+]c1cc(CCCCCCCC)ccc1Nc1cc(=O)[nH]c(=O)[nH]1.[Cl-]. The molecule has 440 valence electrons. The molecular formula is C57H86ClN13O9. The zero-order chi connectivity index (χ0) is 55.6. The molecule has 19 N–H and O–H groups in total. The highest BCUT2D eigenvalue weighted by Gasteiger charge is 2.10. The topological polar surface area (TPSA) is 378 Å². The number of aromatic nitrogens is 6. The van der Waals surface area contributed by atoms with E-state index in [4.69, 9.17) is 23.1 Å². The lowest BCUT2D eigenvalue weighted by atomic mass is 10.0. The first kappa shape index (κ1) is 70.7. The van der Waals surface area contributed by atoms with Crippen molar-refractivity contribution < 1.29 is 33.6 Å². The molecule has 6 rings (SSSR count). The van der Waals surface area contributed by atoms with E-state index in [0.29, 0.717) is 29.6 Å². The molecular weight excluding hydrogens is 1050 g/mol. The van der Waals surface area contributed by atoms with Crippen LogP contribution >= 0.6 is 0 Å². The maximum atomic E-state index is 11.4. The Hall–Kier alpha value is -7.36. The summed E-state index contributed by atoms with van der Waals surface area (Å²) in [5.41, 5.74) is 6.69. The Labute approximate surface area is 473 Å². The number of nitrogens with two attached hydrogens (primary N) is 3. The van der Waals surface area contributed by atoms with E-state index in [1.54, 1.807) is 5.43 Å². The number of rotatable bonds is 31. The fraction of sp³-hybridized carbons (Fsp3) is 0.456. The molecule has 3 aromatic carbocycles. The van der Waals surface area contributed by atoms with Crippen molar-refractivity contribution in [2.45, 2.75) is 169 Å². The standard InChI is InChI=1S/C19H29N5O2.C19H28N4O3.C19H24N4O2.ClH.2H2O/c1-2-3-4-5-6-7-8-14-9-10-16(15(11-14)13-21-20)22-17-12-18(25)24-19(26)23-17;1-2-3-4-5-6-7-8-14-9-10-16(15(11-14)13-26-20)21-17-12-18(24)23-19(25)22-17;1-3-4-5-6-7-8-9-14-10-11-15(16(12-14)20-2)21-17-13-18(24)23-19(25)22-17;;;/h9-12,21H,2-8,13,20H2,1H3,(H3,22,23,24,25,26);9-12H,2-8,13,20H2,1H3,(H3,21,22,23,24,25);10-13H,3-9H2,1H3,(H3,21,22,23,24,25);1H;2*1H2. The third kappa shape index (κ3) is 27.5. The molecule has 0 amide bonds. The van der Waals surface area contributed by atoms with Gasteiger partial charge in [0.25, 0.3) is 16.7 Å². The summed E-state index contributed by atoms with van der Waals surface area (Å²) in [5, 5.41) is 9.08. The summed E-state index contributed by atoms with van der Waals surface area (Å²) in [6, 6.07) is 21.7. The third-order valence-corrected chi connectivity index (χ3v) is 12.6. The van der Waals surface area contributed by atoms with Crippen molar-refractivity contribution in [3.05, 3.63) is 175 Å². The first-order valence-electron chi connectivity index (χ1n) is 27.3. The molecule has 0 radical (unpaired) electrons. The predicted octanol–water partition coefficient (Wildman–Crippen LogP) is 4.36. The van der Waals surface area contributed by atoms with Crippen LogP contribution in [-0.4, -0.2) is 40.9 Å². The zero-order valence-corrected chi connectivity index (χ0v) is 47.4. The van der Waals surface area contributed by atoms with Gasteiger partial charge in [0, 0.05) is 46.4 Å². The van der Waals surface area contributed by atoms with E-state index in [2.05, 4.69) is 83.6 Å². The van der Waals surface area contributed by atoms with Gasteiger partial charge in [-0.1, -0.05) is 153 Å². The average Bonchev–Trinajstić information content (AvgIpc) is 3.38. The molecule has 0 aliphatic carbocycles. The van der Waals surface area contributed by atoms with E-state index in [-0.39, 0.29) is 35.8 Å². The van der Waals surface area contributed by atoms with E-state index in [1.807, 2.05) is 42.5 Å². The monoisotopic (exact) mass is 1130 g/mol. The summed E-state index contributed by atoms with van der Waals surface area (Å²) < 4.78 is 0. The van der Waals surface area contributed by atoms with Crippen LogP contribution in [0.25, 0.3) is 4.85 Å². The summed E-state index contributed by atoms with van der Waals surface area (Å²) in [6.07, 6.45) is 25.6. The number of aromatic amines is 6. The molecule has 0 spiro atoms. The highest BCUT2D eigenvalue weighted by molar-refractivity contribution is 5.74. The average molecular weight is 1130 g/mol. The third-order valence-electron chi connectivity index (χ3n) is 12.6. The number of benzene rings is 3. The lowest BCUT2D eigenvalue weighted by Gasteiger charge is -2.13. The normalized spacial score (nSPS) is 10.3. The second-order valence-electron chi connectivity index (χ2n) is 19.1. The first-order valence-corrected chi connectivity index (χ1v) is 27.3. The van der Waals surface area contributed by atoms with Gasteiger partial charge in [-0.3, -0.25) is 54.6 Å². The summed E-state index contributed by atoms with van der Waals surface area (Å²) in [6.45, 7) is 14.9. The number of unbranched alkanes of at least 4 members (excludes halogenated alkanes) is 15. The van der Waals surface area contributed by atoms with Crippen molar-refractivity contribution >= 4 is 40.2 Å². The van der Waals surface area contributed by atoms with Crippen molar-refractivity contribution in [3.8, 4) is 0 Å². The van der Waals surface area contributed by atoms with Gasteiger partial charge in [0.05, 0.1) is 13.2 Å². The second kappa shape index (κ2) is 40.8. The zero-order valence-electron chi connectivity index (χ0n) is 46.6. The van der Waals surface area contributed by atoms with Crippen LogP contribution < -0.4 is 79.3 Å². The fourth-order valence-electron chi connectivity index (χ4n) is 8.66. The van der Waals surface area contributed by atoms with Gasteiger partial charge in [-0.15, -0.1) is 0 Å². The van der Waals surface area contributed by atoms with Gasteiger partial charge in [-0.25, -0.2) is 25.1 Å². The van der Waals surface area contributed by atoms with Gasteiger partial charge in [0.15, 0.2) is 0 Å². The molecule has 0 fully saturated rings. The minimum Gasteiger partial charge on any atom is -1.00 e. The minimum absolute atomic E-state index is 0. The number of H-pyrrole nitrogens is 6. The quantitative estimate of drug-likeness (QED) is 0.0125. The molecule has 0 aliphatic rings. The Morgan fingerprint density at radius 3 is 1.18 bits per heavy atom. The number of hydrogen-bond acceptors (Lipinski definition) is 12. The Bertz CT molecular complexity index is 2890. The van der Waals surface area contributed by atoms with E-state index in [0.717, 1.165) is 60.2 Å². The van der Waals surface area contributed by atoms with Crippen LogP contribution in [0, 0.1) is 6.57 Å². The first-order chi connectivity index (χ1) is 37.4. The number of aryl methyl sites for hydroxylation is 3. The van der Waals surface area contributed by atoms with E-state index >= 15 is 0 Å². The molecule has 0 bridgehead atoms. The maximum absolute atomic E-state index is 11.4. The Balaban J connectivity index is 0.000000589. The van der Waals surface area contributed by atoms with Gasteiger partial charge in [0.2, 0.25) is 5.69 Å². The number of nitrogens with one attached hydrogen (secondary N) is 9. The molecule has 22 nitrogen and oxygen atoms in total. The van der Waals surface area contributed by atoms with Crippen molar-refractivity contribution in [1.82, 2.24) is 29.9 Å². The van der Waals surface area contributed by atoms with Gasteiger partial charge in [0.1, 0.15) is 24.0 Å². The van der Waals surface area contributed by atoms with Gasteiger partial charge >= 0.3 is 17.1 Å².